The predicted octanol–water partition coefficient (Wildman–Crippen LogP) is 4.34. The predicted molar refractivity (Wildman–Crippen MR) is 96.1 cm³/mol. The molecule has 1 aromatic heterocycles. The van der Waals surface area contributed by atoms with Crippen molar-refractivity contribution in [3.8, 4) is 0 Å². The van der Waals surface area contributed by atoms with Crippen LogP contribution in [0.2, 0.25) is 5.02 Å². The average molecular weight is 396 g/mol. The lowest BCUT2D eigenvalue weighted by Gasteiger charge is -2.13. The molecule has 0 aliphatic heterocycles. The van der Waals surface area contributed by atoms with Gasteiger partial charge in [-0.3, -0.25) is 14.3 Å². The third-order valence-corrected chi connectivity index (χ3v) is 4.25. The first-order valence-electron chi connectivity index (χ1n) is 7.90. The molecule has 5 nitrogen and oxygen atoms in total. The number of nitrogens with zero attached hydrogens (tertiary/aromatic N) is 2. The summed E-state index contributed by atoms with van der Waals surface area (Å²) in [6, 6.07) is 9.17. The van der Waals surface area contributed by atoms with E-state index in [0.717, 1.165) is 12.1 Å². The minimum absolute atomic E-state index is 0.0899. The van der Waals surface area contributed by atoms with Crippen LogP contribution < -0.4 is 10.7 Å². The van der Waals surface area contributed by atoms with E-state index in [9.17, 15) is 22.8 Å². The van der Waals surface area contributed by atoms with E-state index in [2.05, 4.69) is 10.4 Å². The first kappa shape index (κ1) is 18.9. The van der Waals surface area contributed by atoms with Crippen molar-refractivity contribution in [2.45, 2.75) is 19.6 Å². The quantitative estimate of drug-likeness (QED) is 0.717. The van der Waals surface area contributed by atoms with Crippen molar-refractivity contribution in [3.05, 3.63) is 69.0 Å². The van der Waals surface area contributed by atoms with Gasteiger partial charge in [-0.2, -0.15) is 18.3 Å². The molecule has 1 heterocycles. The molecule has 0 saturated carbocycles. The smallest absolute Gasteiger partial charge is 0.319 e. The molecule has 2 aromatic carbocycles. The van der Waals surface area contributed by atoms with E-state index in [0.29, 0.717) is 18.1 Å². The number of nitrogens with one attached hydrogen (secondary N) is 1. The maximum atomic E-state index is 12.9. The van der Waals surface area contributed by atoms with Crippen LogP contribution in [0.1, 0.15) is 23.0 Å². The van der Waals surface area contributed by atoms with Crippen LogP contribution in [0.5, 0.6) is 0 Å². The fourth-order valence-electron chi connectivity index (χ4n) is 2.61. The zero-order valence-electron chi connectivity index (χ0n) is 14.0. The van der Waals surface area contributed by atoms with Crippen LogP contribution >= 0.6 is 11.6 Å². The van der Waals surface area contributed by atoms with E-state index in [1.165, 1.54) is 4.68 Å². The van der Waals surface area contributed by atoms with Gasteiger partial charge in [0.05, 0.1) is 21.8 Å². The number of amides is 1. The number of anilines is 1. The molecule has 0 aliphatic carbocycles. The SMILES string of the molecule is CCn1nc(C(=O)Nc2cc(C(F)(F)F)ccc2Cl)c(=O)c2ccccc21. The maximum Gasteiger partial charge on any atom is 0.416 e. The van der Waals surface area contributed by atoms with Gasteiger partial charge in [0.2, 0.25) is 5.43 Å². The minimum atomic E-state index is -4.60. The van der Waals surface area contributed by atoms with Gasteiger partial charge in [-0.05, 0) is 37.3 Å². The van der Waals surface area contributed by atoms with Crippen LogP contribution in [-0.4, -0.2) is 15.7 Å². The van der Waals surface area contributed by atoms with Crippen LogP contribution in [0.4, 0.5) is 18.9 Å². The van der Waals surface area contributed by atoms with Crippen LogP contribution in [0, 0.1) is 0 Å². The van der Waals surface area contributed by atoms with Crippen molar-refractivity contribution >= 4 is 34.1 Å². The number of fused-ring (bicyclic) bond motifs is 1. The Balaban J connectivity index is 2.05. The number of benzene rings is 2. The summed E-state index contributed by atoms with van der Waals surface area (Å²) in [5, 5.41) is 6.49. The van der Waals surface area contributed by atoms with Crippen LogP contribution in [0.25, 0.3) is 10.9 Å². The number of alkyl halides is 3. The van der Waals surface area contributed by atoms with E-state index < -0.39 is 28.8 Å². The van der Waals surface area contributed by atoms with E-state index >= 15 is 0 Å². The Labute approximate surface area is 156 Å². The van der Waals surface area contributed by atoms with Crippen molar-refractivity contribution < 1.29 is 18.0 Å². The number of hydrogen-bond acceptors (Lipinski definition) is 3. The Bertz CT molecular complexity index is 1090. The number of hydrogen-bond donors (Lipinski definition) is 1. The lowest BCUT2D eigenvalue weighted by atomic mass is 10.1. The van der Waals surface area contributed by atoms with Gasteiger partial charge in [-0.15, -0.1) is 0 Å². The lowest BCUT2D eigenvalue weighted by Crippen LogP contribution is -2.27. The van der Waals surface area contributed by atoms with Gasteiger partial charge in [-0.1, -0.05) is 23.7 Å². The fourth-order valence-corrected chi connectivity index (χ4v) is 2.77. The molecule has 27 heavy (non-hydrogen) atoms. The zero-order chi connectivity index (χ0) is 19.8. The van der Waals surface area contributed by atoms with Crippen molar-refractivity contribution in [2.24, 2.45) is 0 Å². The van der Waals surface area contributed by atoms with Crippen LogP contribution in [0.3, 0.4) is 0 Å². The second-order valence-electron chi connectivity index (χ2n) is 5.66. The molecule has 0 bridgehead atoms. The summed E-state index contributed by atoms with van der Waals surface area (Å²) in [5.74, 6) is -0.936. The van der Waals surface area contributed by atoms with Gasteiger partial charge in [0, 0.05) is 11.9 Å². The third kappa shape index (κ3) is 3.66. The maximum absolute atomic E-state index is 12.9. The standard InChI is InChI=1S/C18H13ClF3N3O2/c1-2-25-14-6-4-3-5-11(14)16(26)15(24-25)17(27)23-13-9-10(18(20,21)22)7-8-12(13)19/h3-9H,2H2,1H3,(H,23,27). The monoisotopic (exact) mass is 395 g/mol. The van der Waals surface area contributed by atoms with Gasteiger partial charge in [0.25, 0.3) is 5.91 Å². The highest BCUT2D eigenvalue weighted by atomic mass is 35.5. The summed E-state index contributed by atoms with van der Waals surface area (Å²) in [4.78, 5) is 25.1. The molecular weight excluding hydrogens is 383 g/mol. The summed E-state index contributed by atoms with van der Waals surface area (Å²) in [6.07, 6.45) is -4.60. The van der Waals surface area contributed by atoms with E-state index in [1.54, 1.807) is 31.2 Å². The highest BCUT2D eigenvalue weighted by Gasteiger charge is 2.31. The Morgan fingerprint density at radius 2 is 1.93 bits per heavy atom. The topological polar surface area (TPSA) is 64.0 Å². The number of para-hydroxylation sites is 1. The Hall–Kier alpha value is -2.87. The summed E-state index contributed by atoms with van der Waals surface area (Å²) in [6.45, 7) is 2.18. The molecule has 0 spiro atoms. The van der Waals surface area contributed by atoms with Gasteiger partial charge in [0.1, 0.15) is 0 Å². The Morgan fingerprint density at radius 1 is 1.22 bits per heavy atom. The summed E-state index contributed by atoms with van der Waals surface area (Å²) < 4.78 is 40.1. The molecule has 140 valence electrons. The van der Waals surface area contributed by atoms with E-state index in [-0.39, 0.29) is 16.1 Å². The molecular formula is C18H13ClF3N3O2. The number of aryl methyl sites for hydroxylation is 1. The van der Waals surface area contributed by atoms with Gasteiger partial charge in [0.15, 0.2) is 5.69 Å². The molecule has 0 atom stereocenters. The number of carbonyl (C=O) groups excluding carboxylic acids is 1. The average Bonchev–Trinajstić information content (AvgIpc) is 2.63. The molecule has 0 unspecified atom stereocenters. The van der Waals surface area contributed by atoms with Crippen molar-refractivity contribution in [2.75, 3.05) is 5.32 Å². The Morgan fingerprint density at radius 3 is 2.59 bits per heavy atom. The molecule has 0 saturated heterocycles. The number of halogens is 4. The van der Waals surface area contributed by atoms with Crippen LogP contribution in [-0.2, 0) is 12.7 Å². The van der Waals surface area contributed by atoms with E-state index in [1.807, 2.05) is 0 Å². The highest BCUT2D eigenvalue weighted by Crippen LogP contribution is 2.33. The molecule has 0 radical (unpaired) electrons. The largest absolute Gasteiger partial charge is 0.416 e. The molecule has 3 aromatic rings. The fraction of sp³-hybridized carbons (Fsp3) is 0.167. The van der Waals surface area contributed by atoms with E-state index in [4.69, 9.17) is 11.6 Å². The highest BCUT2D eigenvalue weighted by molar-refractivity contribution is 6.34. The van der Waals surface area contributed by atoms with Gasteiger partial charge < -0.3 is 5.32 Å². The third-order valence-electron chi connectivity index (χ3n) is 3.92. The zero-order valence-corrected chi connectivity index (χ0v) is 14.7. The molecule has 3 rings (SSSR count). The van der Waals surface area contributed by atoms with Gasteiger partial charge >= 0.3 is 6.18 Å². The first-order chi connectivity index (χ1) is 12.7. The van der Waals surface area contributed by atoms with Crippen molar-refractivity contribution in [3.63, 3.8) is 0 Å². The normalized spacial score (nSPS) is 11.6. The summed E-state index contributed by atoms with van der Waals surface area (Å²) in [7, 11) is 0. The molecule has 0 fully saturated rings. The molecule has 1 amide bonds. The number of aromatic nitrogens is 2. The minimum Gasteiger partial charge on any atom is -0.319 e. The van der Waals surface area contributed by atoms with Crippen molar-refractivity contribution in [1.82, 2.24) is 9.78 Å². The number of carbonyl (C=O) groups is 1. The second kappa shape index (κ2) is 7.03. The molecule has 9 heteroatoms. The van der Waals surface area contributed by atoms with Crippen molar-refractivity contribution in [1.29, 1.82) is 0 Å². The summed E-state index contributed by atoms with van der Waals surface area (Å²) >= 11 is 5.89. The Kier molecular flexibility index (Phi) is 4.93. The lowest BCUT2D eigenvalue weighted by molar-refractivity contribution is -0.137. The molecule has 0 aliphatic rings. The molecule has 1 N–H and O–H groups in total. The second-order valence-corrected chi connectivity index (χ2v) is 6.06. The van der Waals surface area contributed by atoms with Gasteiger partial charge in [-0.25, -0.2) is 0 Å². The number of rotatable bonds is 3. The van der Waals surface area contributed by atoms with Crippen LogP contribution in [0.15, 0.2) is 47.3 Å². The first-order valence-corrected chi connectivity index (χ1v) is 8.28. The summed E-state index contributed by atoms with van der Waals surface area (Å²) in [5.41, 5.74) is -1.72.